The average Bonchev–Trinajstić information content (AvgIpc) is 2.68. The molecule has 1 aromatic rings. The van der Waals surface area contributed by atoms with Gasteiger partial charge in [0.1, 0.15) is 0 Å². The minimum atomic E-state index is -0.196. The number of hydrogen-bond acceptors (Lipinski definition) is 6. The van der Waals surface area contributed by atoms with Crippen molar-refractivity contribution in [2.75, 3.05) is 38.1 Å². The first-order chi connectivity index (χ1) is 7.16. The number of piperazine rings is 1. The smallest absolute Gasteiger partial charge is 0.266 e. The monoisotopic (exact) mass is 211 g/mol. The van der Waals surface area contributed by atoms with Gasteiger partial charge in [-0.1, -0.05) is 0 Å². The lowest BCUT2D eigenvalue weighted by Gasteiger charge is -2.31. The van der Waals surface area contributed by atoms with Crippen LogP contribution in [0.3, 0.4) is 0 Å². The molecular weight excluding hydrogens is 194 g/mol. The summed E-state index contributed by atoms with van der Waals surface area (Å²) < 4.78 is 5.06. The molecule has 1 fully saturated rings. The molecule has 0 amide bonds. The van der Waals surface area contributed by atoms with Crippen LogP contribution in [0, 0.1) is 0 Å². The lowest BCUT2D eigenvalue weighted by atomic mass is 10.3. The van der Waals surface area contributed by atoms with Gasteiger partial charge in [-0.15, -0.1) is 0 Å². The van der Waals surface area contributed by atoms with E-state index < -0.39 is 0 Å². The van der Waals surface area contributed by atoms with Gasteiger partial charge in [0, 0.05) is 26.2 Å². The van der Waals surface area contributed by atoms with Crippen molar-refractivity contribution in [1.29, 1.82) is 0 Å². The highest BCUT2D eigenvalue weighted by atomic mass is 16.5. The standard InChI is InChI=1S/C9H17N5O/c1-7(10)8-11-9(12-15-8)14-5-3-13(2)4-6-14/h7H,3-6,10H2,1-2H3/t7-/m0/s1. The number of anilines is 1. The van der Waals surface area contributed by atoms with Crippen molar-refractivity contribution in [3.8, 4) is 0 Å². The van der Waals surface area contributed by atoms with Crippen LogP contribution in [0.4, 0.5) is 5.95 Å². The Morgan fingerprint density at radius 3 is 2.53 bits per heavy atom. The van der Waals surface area contributed by atoms with E-state index in [2.05, 4.69) is 27.0 Å². The van der Waals surface area contributed by atoms with Crippen molar-refractivity contribution >= 4 is 5.95 Å². The van der Waals surface area contributed by atoms with E-state index in [0.29, 0.717) is 11.8 Å². The lowest BCUT2D eigenvalue weighted by Crippen LogP contribution is -2.44. The average molecular weight is 211 g/mol. The molecule has 1 atom stereocenters. The summed E-state index contributed by atoms with van der Waals surface area (Å²) in [7, 11) is 2.11. The fraction of sp³-hybridized carbons (Fsp3) is 0.778. The minimum Gasteiger partial charge on any atom is -0.336 e. The zero-order chi connectivity index (χ0) is 10.8. The molecule has 1 saturated heterocycles. The summed E-state index contributed by atoms with van der Waals surface area (Å²) in [6, 6.07) is -0.196. The van der Waals surface area contributed by atoms with Crippen LogP contribution in [-0.2, 0) is 0 Å². The molecule has 0 aliphatic carbocycles. The van der Waals surface area contributed by atoms with Crippen LogP contribution in [0.1, 0.15) is 18.9 Å². The fourth-order valence-corrected chi connectivity index (χ4v) is 1.55. The van der Waals surface area contributed by atoms with E-state index >= 15 is 0 Å². The van der Waals surface area contributed by atoms with Gasteiger partial charge in [0.25, 0.3) is 5.95 Å². The molecule has 15 heavy (non-hydrogen) atoms. The van der Waals surface area contributed by atoms with Crippen molar-refractivity contribution < 1.29 is 4.52 Å². The van der Waals surface area contributed by atoms with Crippen molar-refractivity contribution in [2.24, 2.45) is 5.73 Å². The Bertz CT molecular complexity index is 316. The van der Waals surface area contributed by atoms with E-state index in [9.17, 15) is 0 Å². The van der Waals surface area contributed by atoms with Gasteiger partial charge in [0.2, 0.25) is 5.89 Å². The van der Waals surface area contributed by atoms with Crippen LogP contribution in [0.5, 0.6) is 0 Å². The molecule has 1 aromatic heterocycles. The zero-order valence-corrected chi connectivity index (χ0v) is 9.18. The molecule has 0 aromatic carbocycles. The molecule has 0 unspecified atom stereocenters. The Morgan fingerprint density at radius 2 is 2.00 bits per heavy atom. The Kier molecular flexibility index (Phi) is 2.88. The second-order valence-corrected chi connectivity index (χ2v) is 4.01. The van der Waals surface area contributed by atoms with E-state index in [1.54, 1.807) is 0 Å². The Morgan fingerprint density at radius 1 is 1.33 bits per heavy atom. The first kappa shape index (κ1) is 10.4. The van der Waals surface area contributed by atoms with Gasteiger partial charge in [-0.25, -0.2) is 0 Å². The first-order valence-electron chi connectivity index (χ1n) is 5.19. The molecule has 1 aliphatic heterocycles. The second-order valence-electron chi connectivity index (χ2n) is 4.01. The second kappa shape index (κ2) is 4.16. The third-order valence-electron chi connectivity index (χ3n) is 2.61. The molecule has 0 spiro atoms. The largest absolute Gasteiger partial charge is 0.336 e. The van der Waals surface area contributed by atoms with Crippen LogP contribution >= 0.6 is 0 Å². The fourth-order valence-electron chi connectivity index (χ4n) is 1.55. The summed E-state index contributed by atoms with van der Waals surface area (Å²) in [5.74, 6) is 1.17. The maximum absolute atomic E-state index is 5.66. The van der Waals surface area contributed by atoms with Crippen LogP contribution in [0.15, 0.2) is 4.52 Å². The van der Waals surface area contributed by atoms with Gasteiger partial charge in [0.15, 0.2) is 0 Å². The van der Waals surface area contributed by atoms with Crippen LogP contribution in [0.25, 0.3) is 0 Å². The van der Waals surface area contributed by atoms with E-state index in [1.165, 1.54) is 0 Å². The van der Waals surface area contributed by atoms with Gasteiger partial charge < -0.3 is 20.1 Å². The molecule has 1 aliphatic rings. The normalized spacial score (nSPS) is 20.6. The highest BCUT2D eigenvalue weighted by Crippen LogP contribution is 2.14. The van der Waals surface area contributed by atoms with E-state index in [1.807, 2.05) is 6.92 Å². The molecule has 6 nitrogen and oxygen atoms in total. The molecule has 84 valence electrons. The van der Waals surface area contributed by atoms with Crippen LogP contribution in [-0.4, -0.2) is 48.3 Å². The predicted molar refractivity (Wildman–Crippen MR) is 56.6 cm³/mol. The van der Waals surface area contributed by atoms with Gasteiger partial charge >= 0.3 is 0 Å². The van der Waals surface area contributed by atoms with Crippen molar-refractivity contribution in [2.45, 2.75) is 13.0 Å². The van der Waals surface area contributed by atoms with E-state index in [-0.39, 0.29) is 6.04 Å². The summed E-state index contributed by atoms with van der Waals surface area (Å²) in [6.07, 6.45) is 0. The minimum absolute atomic E-state index is 0.196. The van der Waals surface area contributed by atoms with E-state index in [4.69, 9.17) is 10.3 Å². The molecule has 0 bridgehead atoms. The zero-order valence-electron chi connectivity index (χ0n) is 9.18. The number of nitrogens with zero attached hydrogens (tertiary/aromatic N) is 4. The Hall–Kier alpha value is -1.14. The Labute approximate surface area is 89.0 Å². The highest BCUT2D eigenvalue weighted by Gasteiger charge is 2.19. The summed E-state index contributed by atoms with van der Waals surface area (Å²) in [5, 5.41) is 3.93. The van der Waals surface area contributed by atoms with Crippen LogP contribution < -0.4 is 10.6 Å². The third kappa shape index (κ3) is 2.27. The maximum Gasteiger partial charge on any atom is 0.266 e. The number of nitrogens with two attached hydrogens (primary N) is 1. The highest BCUT2D eigenvalue weighted by molar-refractivity contribution is 5.28. The van der Waals surface area contributed by atoms with Crippen molar-refractivity contribution in [3.05, 3.63) is 5.89 Å². The summed E-state index contributed by atoms with van der Waals surface area (Å²) in [6.45, 7) is 5.77. The van der Waals surface area contributed by atoms with Crippen molar-refractivity contribution in [1.82, 2.24) is 15.0 Å². The molecule has 2 heterocycles. The van der Waals surface area contributed by atoms with Gasteiger partial charge in [0.05, 0.1) is 6.04 Å². The number of hydrogen-bond donors (Lipinski definition) is 1. The number of aromatic nitrogens is 2. The summed E-state index contributed by atoms with van der Waals surface area (Å²) in [5.41, 5.74) is 5.66. The Balaban J connectivity index is 2.03. The SMILES string of the molecule is C[C@H](N)c1nc(N2CCN(C)CC2)no1. The van der Waals surface area contributed by atoms with Gasteiger partial charge in [-0.2, -0.15) is 4.98 Å². The molecule has 2 N–H and O–H groups in total. The molecule has 0 radical (unpaired) electrons. The molecular formula is C9H17N5O. The molecule has 0 saturated carbocycles. The first-order valence-corrected chi connectivity index (χ1v) is 5.19. The summed E-state index contributed by atoms with van der Waals surface area (Å²) in [4.78, 5) is 8.66. The van der Waals surface area contributed by atoms with E-state index in [0.717, 1.165) is 26.2 Å². The predicted octanol–water partition coefficient (Wildman–Crippen LogP) is -0.159. The van der Waals surface area contributed by atoms with Crippen molar-refractivity contribution in [3.63, 3.8) is 0 Å². The number of likely N-dealkylation sites (N-methyl/N-ethyl adjacent to an activating group) is 1. The maximum atomic E-state index is 5.66. The lowest BCUT2D eigenvalue weighted by molar-refractivity contribution is 0.308. The topological polar surface area (TPSA) is 71.4 Å². The van der Waals surface area contributed by atoms with Gasteiger partial charge in [-0.05, 0) is 19.1 Å². The number of rotatable bonds is 2. The quantitative estimate of drug-likeness (QED) is 0.733. The third-order valence-corrected chi connectivity index (χ3v) is 2.61. The summed E-state index contributed by atoms with van der Waals surface area (Å²) >= 11 is 0. The van der Waals surface area contributed by atoms with Crippen LogP contribution in [0.2, 0.25) is 0 Å². The van der Waals surface area contributed by atoms with Gasteiger partial charge in [-0.3, -0.25) is 0 Å². The molecule has 2 rings (SSSR count). The molecule has 6 heteroatoms.